The van der Waals surface area contributed by atoms with Crippen molar-refractivity contribution in [2.45, 2.75) is 52.6 Å². The van der Waals surface area contributed by atoms with E-state index >= 15 is 0 Å². The molecule has 1 aromatic heterocycles. The van der Waals surface area contributed by atoms with Crippen molar-refractivity contribution in [3.05, 3.63) is 71.4 Å². The molecule has 2 aromatic carbocycles. The summed E-state index contributed by atoms with van der Waals surface area (Å²) < 4.78 is 41.0. The van der Waals surface area contributed by atoms with Gasteiger partial charge in [-0.15, -0.1) is 0 Å². The number of alkyl halides is 3. The number of aromatic nitrogens is 2. The minimum atomic E-state index is -4.59. The summed E-state index contributed by atoms with van der Waals surface area (Å²) in [5.41, 5.74) is 2.20. The van der Waals surface area contributed by atoms with Crippen LogP contribution in [0.3, 0.4) is 0 Å². The van der Waals surface area contributed by atoms with Gasteiger partial charge in [0, 0.05) is 17.6 Å². The Morgan fingerprint density at radius 2 is 1.53 bits per heavy atom. The molecule has 3 aromatic rings. The van der Waals surface area contributed by atoms with Crippen LogP contribution < -0.4 is 10.6 Å². The quantitative estimate of drug-likeness (QED) is 0.415. The van der Waals surface area contributed by atoms with Gasteiger partial charge in [0.2, 0.25) is 5.95 Å². The Kier molecular flexibility index (Phi) is 6.77. The molecule has 2 N–H and O–H groups in total. The number of anilines is 4. The average Bonchev–Trinajstić information content (AvgIpc) is 2.68. The minimum Gasteiger partial charge on any atom is -0.339 e. The second kappa shape index (κ2) is 9.18. The second-order valence-electron chi connectivity index (χ2n) is 9.29. The molecule has 4 nitrogen and oxygen atoms in total. The van der Waals surface area contributed by atoms with E-state index in [1.54, 1.807) is 12.1 Å². The van der Waals surface area contributed by atoms with Crippen molar-refractivity contribution in [1.29, 1.82) is 0 Å². The molecule has 1 heterocycles. The van der Waals surface area contributed by atoms with Gasteiger partial charge in [-0.1, -0.05) is 65.0 Å². The number of nitrogens with zero attached hydrogens (tertiary/aromatic N) is 2. The van der Waals surface area contributed by atoms with Gasteiger partial charge in [-0.2, -0.15) is 18.2 Å². The van der Waals surface area contributed by atoms with E-state index in [9.17, 15) is 13.2 Å². The van der Waals surface area contributed by atoms with Crippen LogP contribution in [-0.2, 0) is 18.0 Å². The lowest BCUT2D eigenvalue weighted by molar-refractivity contribution is -0.137. The zero-order chi connectivity index (χ0) is 23.5. The SMILES string of the molecule is CC(C)Cc1ccc(Nc2ncc(C(F)(F)F)c(Nc3ccccc3C(C)(C)C)n2)cc1. The molecule has 0 fully saturated rings. The lowest BCUT2D eigenvalue weighted by Crippen LogP contribution is -2.16. The van der Waals surface area contributed by atoms with Crippen LogP contribution in [0.1, 0.15) is 51.3 Å². The monoisotopic (exact) mass is 442 g/mol. The standard InChI is InChI=1S/C25H29F3N4/c1-16(2)14-17-10-12-18(13-11-17)30-23-29-15-20(25(26,27)28)22(32-23)31-21-9-7-6-8-19(21)24(3,4)5/h6-13,15-16H,14H2,1-5H3,(H2,29,30,31,32). The molecule has 0 atom stereocenters. The van der Waals surface area contributed by atoms with E-state index in [2.05, 4.69) is 34.4 Å². The molecule has 0 unspecified atom stereocenters. The maximum atomic E-state index is 13.7. The third kappa shape index (κ3) is 5.99. The summed E-state index contributed by atoms with van der Waals surface area (Å²) in [4.78, 5) is 8.07. The van der Waals surface area contributed by atoms with E-state index in [1.807, 2.05) is 57.2 Å². The molecule has 0 radical (unpaired) electrons. The first kappa shape index (κ1) is 23.6. The molecule has 0 aliphatic rings. The van der Waals surface area contributed by atoms with E-state index in [0.29, 0.717) is 17.3 Å². The minimum absolute atomic E-state index is 0.0883. The largest absolute Gasteiger partial charge is 0.421 e. The molecule has 170 valence electrons. The number of hydrogen-bond donors (Lipinski definition) is 2. The van der Waals surface area contributed by atoms with Gasteiger partial charge in [0.1, 0.15) is 11.4 Å². The predicted molar refractivity (Wildman–Crippen MR) is 124 cm³/mol. The van der Waals surface area contributed by atoms with Crippen molar-refractivity contribution >= 4 is 23.1 Å². The average molecular weight is 443 g/mol. The molecule has 0 aliphatic carbocycles. The Bertz CT molecular complexity index is 1050. The van der Waals surface area contributed by atoms with Crippen molar-refractivity contribution in [2.75, 3.05) is 10.6 Å². The summed E-state index contributed by atoms with van der Waals surface area (Å²) in [5.74, 6) is 0.338. The van der Waals surface area contributed by atoms with Crippen molar-refractivity contribution in [2.24, 2.45) is 5.92 Å². The summed E-state index contributed by atoms with van der Waals surface area (Å²) in [7, 11) is 0. The molecule has 32 heavy (non-hydrogen) atoms. The first-order valence-corrected chi connectivity index (χ1v) is 10.6. The fourth-order valence-electron chi connectivity index (χ4n) is 3.44. The summed E-state index contributed by atoms with van der Waals surface area (Å²) in [6, 6.07) is 15.0. The molecular weight excluding hydrogens is 413 g/mol. The van der Waals surface area contributed by atoms with E-state index in [0.717, 1.165) is 18.2 Å². The van der Waals surface area contributed by atoms with Crippen LogP contribution in [0, 0.1) is 5.92 Å². The Balaban J connectivity index is 1.93. The fourth-order valence-corrected chi connectivity index (χ4v) is 3.44. The highest BCUT2D eigenvalue weighted by Gasteiger charge is 2.35. The molecule has 3 rings (SSSR count). The molecule has 7 heteroatoms. The number of nitrogens with one attached hydrogen (secondary N) is 2. The highest BCUT2D eigenvalue weighted by molar-refractivity contribution is 5.66. The molecule has 0 aliphatic heterocycles. The van der Waals surface area contributed by atoms with Gasteiger partial charge in [0.05, 0.1) is 0 Å². The Morgan fingerprint density at radius 3 is 2.12 bits per heavy atom. The predicted octanol–water partition coefficient (Wildman–Crippen LogP) is 7.48. The van der Waals surface area contributed by atoms with Crippen molar-refractivity contribution in [3.63, 3.8) is 0 Å². The van der Waals surface area contributed by atoms with Gasteiger partial charge >= 0.3 is 6.18 Å². The van der Waals surface area contributed by atoms with Gasteiger partial charge < -0.3 is 10.6 Å². The molecular formula is C25H29F3N4. The van der Waals surface area contributed by atoms with Crippen LogP contribution in [-0.4, -0.2) is 9.97 Å². The van der Waals surface area contributed by atoms with Crippen molar-refractivity contribution in [3.8, 4) is 0 Å². The maximum Gasteiger partial charge on any atom is 0.421 e. The highest BCUT2D eigenvalue weighted by Crippen LogP contribution is 2.37. The molecule has 0 spiro atoms. The molecule has 0 saturated carbocycles. The van der Waals surface area contributed by atoms with Crippen LogP contribution in [0.4, 0.5) is 36.3 Å². The van der Waals surface area contributed by atoms with Crippen LogP contribution in [0.5, 0.6) is 0 Å². The number of para-hydroxylation sites is 1. The fraction of sp³-hybridized carbons (Fsp3) is 0.360. The maximum absolute atomic E-state index is 13.7. The third-order valence-corrected chi connectivity index (χ3v) is 4.94. The lowest BCUT2D eigenvalue weighted by atomic mass is 9.86. The van der Waals surface area contributed by atoms with Gasteiger partial charge in [-0.3, -0.25) is 0 Å². The second-order valence-corrected chi connectivity index (χ2v) is 9.29. The Hall–Kier alpha value is -3.09. The smallest absolute Gasteiger partial charge is 0.339 e. The van der Waals surface area contributed by atoms with Crippen LogP contribution >= 0.6 is 0 Å². The van der Waals surface area contributed by atoms with E-state index in [1.165, 1.54) is 5.56 Å². The van der Waals surface area contributed by atoms with Gasteiger partial charge in [-0.05, 0) is 47.1 Å². The van der Waals surface area contributed by atoms with Crippen molar-refractivity contribution < 1.29 is 13.2 Å². The third-order valence-electron chi connectivity index (χ3n) is 4.94. The van der Waals surface area contributed by atoms with Gasteiger partial charge in [0.25, 0.3) is 0 Å². The molecule has 0 bridgehead atoms. The van der Waals surface area contributed by atoms with E-state index < -0.39 is 11.7 Å². The topological polar surface area (TPSA) is 49.8 Å². The first-order valence-electron chi connectivity index (χ1n) is 10.6. The summed E-state index contributed by atoms with van der Waals surface area (Å²) in [6.45, 7) is 10.3. The van der Waals surface area contributed by atoms with Crippen LogP contribution in [0.15, 0.2) is 54.7 Å². The number of benzene rings is 2. The number of halogens is 3. The Morgan fingerprint density at radius 1 is 0.875 bits per heavy atom. The molecule has 0 amide bonds. The van der Waals surface area contributed by atoms with E-state index in [-0.39, 0.29) is 17.2 Å². The van der Waals surface area contributed by atoms with E-state index in [4.69, 9.17) is 0 Å². The lowest BCUT2D eigenvalue weighted by Gasteiger charge is -2.24. The first-order chi connectivity index (χ1) is 14.9. The summed E-state index contributed by atoms with van der Waals surface area (Å²) >= 11 is 0. The number of rotatable bonds is 6. The van der Waals surface area contributed by atoms with Crippen LogP contribution in [0.25, 0.3) is 0 Å². The zero-order valence-electron chi connectivity index (χ0n) is 19.0. The van der Waals surface area contributed by atoms with Crippen molar-refractivity contribution in [1.82, 2.24) is 9.97 Å². The van der Waals surface area contributed by atoms with Crippen LogP contribution in [0.2, 0.25) is 0 Å². The van der Waals surface area contributed by atoms with Gasteiger partial charge in [-0.25, -0.2) is 4.98 Å². The Labute approximate surface area is 187 Å². The number of hydrogen-bond acceptors (Lipinski definition) is 4. The summed E-state index contributed by atoms with van der Waals surface area (Å²) in [6.07, 6.45) is -2.82. The normalized spacial score (nSPS) is 12.2. The zero-order valence-corrected chi connectivity index (χ0v) is 19.0. The summed E-state index contributed by atoms with van der Waals surface area (Å²) in [5, 5.41) is 5.90. The molecule has 0 saturated heterocycles. The highest BCUT2D eigenvalue weighted by atomic mass is 19.4. The van der Waals surface area contributed by atoms with Gasteiger partial charge in [0.15, 0.2) is 0 Å².